The van der Waals surface area contributed by atoms with Gasteiger partial charge in [0.2, 0.25) is 0 Å². The zero-order valence-electron chi connectivity index (χ0n) is 12.0. The molecule has 1 fully saturated rings. The van der Waals surface area contributed by atoms with Crippen molar-refractivity contribution >= 4 is 39.2 Å². The molecule has 0 aromatic heterocycles. The number of nitrogens with zero attached hydrogens (tertiary/aromatic N) is 1. The summed E-state index contributed by atoms with van der Waals surface area (Å²) in [6.45, 7) is 1.18. The first-order chi connectivity index (χ1) is 11.0. The Bertz CT molecular complexity index is 782. The molecule has 5 nitrogen and oxygen atoms in total. The van der Waals surface area contributed by atoms with Gasteiger partial charge in [0.1, 0.15) is 5.82 Å². The van der Waals surface area contributed by atoms with E-state index in [1.807, 2.05) is 0 Å². The summed E-state index contributed by atoms with van der Waals surface area (Å²) in [4.78, 5) is 25.6. The largest absolute Gasteiger partial charge is 0.336 e. The second-order valence-electron chi connectivity index (χ2n) is 5.01. The molecular formula is C16H13BrFN3O2. The van der Waals surface area contributed by atoms with Gasteiger partial charge in [-0.1, -0.05) is 6.07 Å². The Morgan fingerprint density at radius 1 is 1.26 bits per heavy atom. The molecule has 1 heterocycles. The lowest BCUT2D eigenvalue weighted by atomic mass is 10.2. The van der Waals surface area contributed by atoms with E-state index in [1.165, 1.54) is 18.2 Å². The molecule has 2 N–H and O–H groups in total. The molecule has 23 heavy (non-hydrogen) atoms. The minimum atomic E-state index is -0.421. The first kappa shape index (κ1) is 15.5. The van der Waals surface area contributed by atoms with E-state index >= 15 is 0 Å². The highest BCUT2D eigenvalue weighted by molar-refractivity contribution is 9.10. The van der Waals surface area contributed by atoms with Crippen LogP contribution >= 0.6 is 15.9 Å². The van der Waals surface area contributed by atoms with Crippen LogP contribution in [0.2, 0.25) is 0 Å². The summed E-state index contributed by atoms with van der Waals surface area (Å²) in [5.41, 5.74) is 1.59. The number of nitrogens with one attached hydrogen (secondary N) is 2. The highest BCUT2D eigenvalue weighted by Crippen LogP contribution is 2.23. The summed E-state index contributed by atoms with van der Waals surface area (Å²) in [7, 11) is 0. The Kier molecular flexibility index (Phi) is 4.29. The molecule has 1 aliphatic heterocycles. The van der Waals surface area contributed by atoms with E-state index in [2.05, 4.69) is 26.6 Å². The van der Waals surface area contributed by atoms with E-state index in [9.17, 15) is 14.0 Å². The fraction of sp³-hybridized carbons (Fsp3) is 0.125. The summed E-state index contributed by atoms with van der Waals surface area (Å²) in [6, 6.07) is 10.7. The molecule has 118 valence electrons. The van der Waals surface area contributed by atoms with Crippen LogP contribution in [-0.2, 0) is 0 Å². The van der Waals surface area contributed by atoms with Gasteiger partial charge >= 0.3 is 6.03 Å². The molecule has 1 aliphatic rings. The Balaban J connectivity index is 1.80. The number of benzene rings is 2. The van der Waals surface area contributed by atoms with E-state index in [0.29, 0.717) is 34.5 Å². The molecule has 1 saturated heterocycles. The average Bonchev–Trinajstić information content (AvgIpc) is 2.93. The van der Waals surface area contributed by atoms with E-state index in [-0.39, 0.29) is 11.9 Å². The Morgan fingerprint density at radius 2 is 2.09 bits per heavy atom. The maximum Gasteiger partial charge on any atom is 0.321 e. The first-order valence-electron chi connectivity index (χ1n) is 6.96. The first-order valence-corrected chi connectivity index (χ1v) is 7.76. The topological polar surface area (TPSA) is 61.4 Å². The molecule has 0 spiro atoms. The molecule has 0 radical (unpaired) electrons. The predicted molar refractivity (Wildman–Crippen MR) is 89.2 cm³/mol. The highest BCUT2D eigenvalue weighted by Gasteiger charge is 2.21. The van der Waals surface area contributed by atoms with Crippen LogP contribution in [0.4, 0.5) is 20.6 Å². The van der Waals surface area contributed by atoms with Crippen molar-refractivity contribution in [1.29, 1.82) is 0 Å². The van der Waals surface area contributed by atoms with Crippen LogP contribution in [0.25, 0.3) is 0 Å². The number of carbonyl (C=O) groups excluding carboxylic acids is 2. The van der Waals surface area contributed by atoms with Gasteiger partial charge in [0, 0.05) is 28.9 Å². The molecule has 0 aliphatic carbocycles. The van der Waals surface area contributed by atoms with Gasteiger partial charge in [-0.05, 0) is 52.3 Å². The summed E-state index contributed by atoms with van der Waals surface area (Å²) in [5.74, 6) is -0.782. The van der Waals surface area contributed by atoms with Gasteiger partial charge in [-0.15, -0.1) is 0 Å². The second-order valence-corrected chi connectivity index (χ2v) is 5.87. The average molecular weight is 378 g/mol. The minimum Gasteiger partial charge on any atom is -0.336 e. The molecule has 3 rings (SSSR count). The summed E-state index contributed by atoms with van der Waals surface area (Å²) in [5, 5.41) is 5.47. The normalized spacial score (nSPS) is 13.8. The number of halogens is 2. The van der Waals surface area contributed by atoms with Gasteiger partial charge in [-0.25, -0.2) is 9.18 Å². The second kappa shape index (κ2) is 6.37. The van der Waals surface area contributed by atoms with Crippen molar-refractivity contribution in [1.82, 2.24) is 5.32 Å². The van der Waals surface area contributed by atoms with Crippen molar-refractivity contribution in [2.45, 2.75) is 0 Å². The van der Waals surface area contributed by atoms with Gasteiger partial charge in [0.05, 0.1) is 5.56 Å². The lowest BCUT2D eigenvalue weighted by Gasteiger charge is -2.15. The van der Waals surface area contributed by atoms with Crippen molar-refractivity contribution in [3.8, 4) is 0 Å². The Labute approximate surface area is 140 Å². The predicted octanol–water partition coefficient (Wildman–Crippen LogP) is 3.37. The Hall–Kier alpha value is -2.41. The van der Waals surface area contributed by atoms with Gasteiger partial charge in [-0.2, -0.15) is 0 Å². The number of anilines is 2. The number of hydrogen-bond acceptors (Lipinski definition) is 2. The number of hydrogen-bond donors (Lipinski definition) is 2. The Morgan fingerprint density at radius 3 is 2.78 bits per heavy atom. The van der Waals surface area contributed by atoms with Gasteiger partial charge < -0.3 is 10.6 Å². The molecule has 7 heteroatoms. The molecule has 2 aromatic rings. The number of rotatable bonds is 3. The van der Waals surface area contributed by atoms with Crippen LogP contribution in [0.3, 0.4) is 0 Å². The zero-order chi connectivity index (χ0) is 16.4. The van der Waals surface area contributed by atoms with E-state index in [1.54, 1.807) is 29.2 Å². The lowest BCUT2D eigenvalue weighted by Crippen LogP contribution is -2.27. The van der Waals surface area contributed by atoms with Crippen molar-refractivity contribution in [2.24, 2.45) is 0 Å². The number of carbonyl (C=O) groups is 2. The molecule has 0 bridgehead atoms. The smallest absolute Gasteiger partial charge is 0.321 e. The van der Waals surface area contributed by atoms with Gasteiger partial charge in [0.15, 0.2) is 0 Å². The monoisotopic (exact) mass is 377 g/mol. The molecule has 2 aromatic carbocycles. The fourth-order valence-corrected chi connectivity index (χ4v) is 2.87. The third-order valence-electron chi connectivity index (χ3n) is 3.45. The third kappa shape index (κ3) is 3.34. The highest BCUT2D eigenvalue weighted by atomic mass is 79.9. The van der Waals surface area contributed by atoms with E-state index in [4.69, 9.17) is 0 Å². The van der Waals surface area contributed by atoms with Crippen LogP contribution in [0.15, 0.2) is 46.9 Å². The van der Waals surface area contributed by atoms with Gasteiger partial charge in [-0.3, -0.25) is 9.69 Å². The van der Waals surface area contributed by atoms with Crippen molar-refractivity contribution in [3.05, 3.63) is 58.3 Å². The molecule has 0 unspecified atom stereocenters. The number of amides is 3. The maximum absolute atomic E-state index is 13.1. The van der Waals surface area contributed by atoms with E-state index < -0.39 is 5.82 Å². The summed E-state index contributed by atoms with van der Waals surface area (Å²) >= 11 is 3.18. The third-order valence-corrected chi connectivity index (χ3v) is 4.10. The SMILES string of the molecule is O=C(Nc1cccc(N2CCNC2=O)c1)c1ccc(F)cc1Br. The fourth-order valence-electron chi connectivity index (χ4n) is 2.34. The maximum atomic E-state index is 13.1. The molecule has 0 atom stereocenters. The van der Waals surface area contributed by atoms with Crippen molar-refractivity contribution < 1.29 is 14.0 Å². The zero-order valence-corrected chi connectivity index (χ0v) is 13.6. The van der Waals surface area contributed by atoms with Crippen molar-refractivity contribution in [3.63, 3.8) is 0 Å². The van der Waals surface area contributed by atoms with Crippen LogP contribution in [0.5, 0.6) is 0 Å². The van der Waals surface area contributed by atoms with Crippen molar-refractivity contribution in [2.75, 3.05) is 23.3 Å². The van der Waals surface area contributed by atoms with E-state index in [0.717, 1.165) is 0 Å². The van der Waals surface area contributed by atoms with Crippen LogP contribution in [0, 0.1) is 5.82 Å². The molecule has 0 saturated carbocycles. The van der Waals surface area contributed by atoms with Gasteiger partial charge in [0.25, 0.3) is 5.91 Å². The minimum absolute atomic E-state index is 0.158. The molecular weight excluding hydrogens is 365 g/mol. The summed E-state index contributed by atoms with van der Waals surface area (Å²) < 4.78 is 13.5. The summed E-state index contributed by atoms with van der Waals surface area (Å²) in [6.07, 6.45) is 0. The lowest BCUT2D eigenvalue weighted by molar-refractivity contribution is 0.102. The quantitative estimate of drug-likeness (QED) is 0.861. The van der Waals surface area contributed by atoms with Crippen LogP contribution in [-0.4, -0.2) is 25.0 Å². The number of urea groups is 1. The standard InChI is InChI=1S/C16H13BrFN3O2/c17-14-8-10(18)4-5-13(14)15(22)20-11-2-1-3-12(9-11)21-7-6-19-16(21)23/h1-5,8-9H,6-7H2,(H,19,23)(H,20,22). The molecule has 3 amide bonds. The van der Waals surface area contributed by atoms with Crippen LogP contribution < -0.4 is 15.5 Å². The van der Waals surface area contributed by atoms with Crippen LogP contribution in [0.1, 0.15) is 10.4 Å².